The molecule has 0 aliphatic rings. The summed E-state index contributed by atoms with van der Waals surface area (Å²) in [7, 11) is -3.74. The second-order valence-electron chi connectivity index (χ2n) is 5.55. The molecule has 5 nitrogen and oxygen atoms in total. The molecule has 1 aromatic rings. The average molecular weight is 299 g/mol. The number of nitrogens with one attached hydrogen (secondary N) is 1. The van der Waals surface area contributed by atoms with Gasteiger partial charge < -0.3 is 11.1 Å². The molecular formula is C14H25N3O2S. The van der Waals surface area contributed by atoms with Gasteiger partial charge in [0.1, 0.15) is 0 Å². The molecule has 0 saturated carbocycles. The lowest BCUT2D eigenvalue weighted by atomic mass is 10.1. The molecule has 0 amide bonds. The summed E-state index contributed by atoms with van der Waals surface area (Å²) in [5.74, 6) is 0.707. The number of benzene rings is 1. The molecule has 0 atom stereocenters. The quantitative estimate of drug-likeness (QED) is 0.532. The zero-order valence-electron chi connectivity index (χ0n) is 12.4. The minimum atomic E-state index is -3.74. The van der Waals surface area contributed by atoms with Crippen LogP contribution in [0.25, 0.3) is 0 Å². The maximum absolute atomic E-state index is 11.5. The molecule has 0 spiro atoms. The maximum atomic E-state index is 11.5. The number of unbranched alkanes of at least 4 members (excludes halogenated alkanes) is 1. The van der Waals surface area contributed by atoms with Crippen molar-refractivity contribution < 1.29 is 8.42 Å². The highest BCUT2D eigenvalue weighted by Gasteiger charge is 2.15. The molecular weight excluding hydrogens is 274 g/mol. The molecule has 0 bridgehead atoms. The standard InChI is InChI=1S/C14H25N3O2S/c1-10(2)6-4-5-7-17-13-8-12(15)9-14(11(13)3)20(16,18)19/h8-10,17H,4-7,15H2,1-3H3,(H2,16,18,19). The van der Waals surface area contributed by atoms with Crippen LogP contribution in [0.3, 0.4) is 0 Å². The van der Waals surface area contributed by atoms with Gasteiger partial charge in [-0.25, -0.2) is 13.6 Å². The first kappa shape index (κ1) is 16.8. The van der Waals surface area contributed by atoms with Crippen LogP contribution in [0.15, 0.2) is 17.0 Å². The molecule has 0 radical (unpaired) electrons. The molecule has 0 aliphatic carbocycles. The van der Waals surface area contributed by atoms with Crippen molar-refractivity contribution in [1.29, 1.82) is 0 Å². The number of anilines is 2. The molecule has 0 unspecified atom stereocenters. The van der Waals surface area contributed by atoms with E-state index in [1.54, 1.807) is 13.0 Å². The van der Waals surface area contributed by atoms with E-state index >= 15 is 0 Å². The summed E-state index contributed by atoms with van der Waals surface area (Å²) in [5, 5.41) is 8.43. The fourth-order valence-electron chi connectivity index (χ4n) is 2.09. The maximum Gasteiger partial charge on any atom is 0.238 e. The minimum Gasteiger partial charge on any atom is -0.399 e. The van der Waals surface area contributed by atoms with Crippen LogP contribution in [0.2, 0.25) is 0 Å². The largest absolute Gasteiger partial charge is 0.399 e. The third-order valence-electron chi connectivity index (χ3n) is 3.21. The van der Waals surface area contributed by atoms with Crippen molar-refractivity contribution in [2.24, 2.45) is 11.1 Å². The van der Waals surface area contributed by atoms with Crippen molar-refractivity contribution in [3.8, 4) is 0 Å². The third kappa shape index (κ3) is 5.02. The van der Waals surface area contributed by atoms with Crippen molar-refractivity contribution in [3.63, 3.8) is 0 Å². The smallest absolute Gasteiger partial charge is 0.238 e. The molecule has 0 saturated heterocycles. The van der Waals surface area contributed by atoms with Gasteiger partial charge in [0.15, 0.2) is 0 Å². The Hall–Kier alpha value is -1.27. The second kappa shape index (κ2) is 6.95. The highest BCUT2D eigenvalue weighted by molar-refractivity contribution is 7.89. The number of sulfonamides is 1. The minimum absolute atomic E-state index is 0.0854. The first-order chi connectivity index (χ1) is 9.21. The van der Waals surface area contributed by atoms with Crippen molar-refractivity contribution in [2.45, 2.75) is 44.9 Å². The fourth-order valence-corrected chi connectivity index (χ4v) is 2.93. The van der Waals surface area contributed by atoms with Gasteiger partial charge in [0.05, 0.1) is 4.90 Å². The molecule has 0 fully saturated rings. The van der Waals surface area contributed by atoms with E-state index in [0.29, 0.717) is 17.2 Å². The van der Waals surface area contributed by atoms with Gasteiger partial charge in [-0.3, -0.25) is 0 Å². The SMILES string of the molecule is Cc1c(NCCCCC(C)C)cc(N)cc1S(N)(=O)=O. The van der Waals surface area contributed by atoms with Crippen molar-refractivity contribution in [1.82, 2.24) is 0 Å². The first-order valence-corrected chi connectivity index (χ1v) is 8.43. The van der Waals surface area contributed by atoms with E-state index in [4.69, 9.17) is 10.9 Å². The Labute approximate surface area is 121 Å². The number of hydrogen-bond donors (Lipinski definition) is 3. The van der Waals surface area contributed by atoms with Crippen LogP contribution >= 0.6 is 0 Å². The predicted octanol–water partition coefficient (Wildman–Crippen LogP) is 2.46. The number of nitrogens with two attached hydrogens (primary N) is 2. The third-order valence-corrected chi connectivity index (χ3v) is 4.25. The van der Waals surface area contributed by atoms with Crippen molar-refractivity contribution >= 4 is 21.4 Å². The monoisotopic (exact) mass is 299 g/mol. The van der Waals surface area contributed by atoms with E-state index in [1.807, 2.05) is 0 Å². The molecule has 6 heteroatoms. The summed E-state index contributed by atoms with van der Waals surface area (Å²) in [6.07, 6.45) is 3.38. The summed E-state index contributed by atoms with van der Waals surface area (Å²) < 4.78 is 23.0. The van der Waals surface area contributed by atoms with Gasteiger partial charge in [-0.05, 0) is 37.0 Å². The van der Waals surface area contributed by atoms with Gasteiger partial charge >= 0.3 is 0 Å². The number of nitrogen functional groups attached to an aromatic ring is 1. The number of rotatable bonds is 7. The van der Waals surface area contributed by atoms with Crippen LogP contribution in [-0.4, -0.2) is 15.0 Å². The Morgan fingerprint density at radius 1 is 1.25 bits per heavy atom. The van der Waals surface area contributed by atoms with Crippen LogP contribution in [-0.2, 0) is 10.0 Å². The van der Waals surface area contributed by atoms with E-state index < -0.39 is 10.0 Å². The lowest BCUT2D eigenvalue weighted by Gasteiger charge is -2.14. The van der Waals surface area contributed by atoms with E-state index in [-0.39, 0.29) is 4.90 Å². The first-order valence-electron chi connectivity index (χ1n) is 6.88. The zero-order valence-corrected chi connectivity index (χ0v) is 13.3. The predicted molar refractivity (Wildman–Crippen MR) is 84.1 cm³/mol. The summed E-state index contributed by atoms with van der Waals surface area (Å²) >= 11 is 0. The topological polar surface area (TPSA) is 98.2 Å². The second-order valence-corrected chi connectivity index (χ2v) is 7.08. The van der Waals surface area contributed by atoms with Crippen LogP contribution < -0.4 is 16.2 Å². The Kier molecular flexibility index (Phi) is 5.83. The van der Waals surface area contributed by atoms with Crippen LogP contribution in [0, 0.1) is 12.8 Å². The lowest BCUT2D eigenvalue weighted by molar-refractivity contribution is 0.545. The van der Waals surface area contributed by atoms with E-state index in [0.717, 1.165) is 25.1 Å². The Morgan fingerprint density at radius 3 is 2.45 bits per heavy atom. The summed E-state index contributed by atoms with van der Waals surface area (Å²) in [4.78, 5) is 0.0854. The molecule has 1 rings (SSSR count). The molecule has 5 N–H and O–H groups in total. The highest BCUT2D eigenvalue weighted by Crippen LogP contribution is 2.26. The zero-order chi connectivity index (χ0) is 15.3. The van der Waals surface area contributed by atoms with E-state index in [2.05, 4.69) is 19.2 Å². The van der Waals surface area contributed by atoms with Crippen LogP contribution in [0.5, 0.6) is 0 Å². The fraction of sp³-hybridized carbons (Fsp3) is 0.571. The number of primary sulfonamides is 1. The lowest BCUT2D eigenvalue weighted by Crippen LogP contribution is -2.15. The highest BCUT2D eigenvalue weighted by atomic mass is 32.2. The Balaban J connectivity index is 2.74. The normalized spacial score (nSPS) is 11.8. The molecule has 0 aliphatic heterocycles. The van der Waals surface area contributed by atoms with Gasteiger partial charge in [-0.1, -0.05) is 26.7 Å². The molecule has 20 heavy (non-hydrogen) atoms. The van der Waals surface area contributed by atoms with Crippen LogP contribution in [0.4, 0.5) is 11.4 Å². The van der Waals surface area contributed by atoms with Crippen molar-refractivity contribution in [3.05, 3.63) is 17.7 Å². The van der Waals surface area contributed by atoms with Crippen LogP contribution in [0.1, 0.15) is 38.7 Å². The van der Waals surface area contributed by atoms with Gasteiger partial charge in [0, 0.05) is 17.9 Å². The van der Waals surface area contributed by atoms with E-state index in [9.17, 15) is 8.42 Å². The Morgan fingerprint density at radius 2 is 1.90 bits per heavy atom. The molecule has 1 aromatic carbocycles. The molecule has 0 aromatic heterocycles. The molecule has 0 heterocycles. The Bertz CT molecular complexity index is 554. The summed E-state index contributed by atoms with van der Waals surface area (Å²) in [6.45, 7) is 6.93. The van der Waals surface area contributed by atoms with Gasteiger partial charge in [-0.15, -0.1) is 0 Å². The van der Waals surface area contributed by atoms with Gasteiger partial charge in [-0.2, -0.15) is 0 Å². The van der Waals surface area contributed by atoms with Crippen molar-refractivity contribution in [2.75, 3.05) is 17.6 Å². The van der Waals surface area contributed by atoms with Gasteiger partial charge in [0.25, 0.3) is 0 Å². The summed E-state index contributed by atoms with van der Waals surface area (Å²) in [5.41, 5.74) is 7.48. The van der Waals surface area contributed by atoms with E-state index in [1.165, 1.54) is 12.5 Å². The number of hydrogen-bond acceptors (Lipinski definition) is 4. The average Bonchev–Trinajstić information content (AvgIpc) is 2.30. The van der Waals surface area contributed by atoms with Gasteiger partial charge in [0.2, 0.25) is 10.0 Å². The molecule has 114 valence electrons. The summed E-state index contributed by atoms with van der Waals surface area (Å²) in [6, 6.07) is 3.14.